The number of methoxy groups -OCH3 is 1. The molecule has 41 heavy (non-hydrogen) atoms. The number of aliphatic carboxylic acids is 1. The monoisotopic (exact) mass is 581 g/mol. The first kappa shape index (κ1) is 27.4. The molecule has 1 aliphatic heterocycles. The molecular weight excluding hydrogens is 550 g/mol. The fourth-order valence-electron chi connectivity index (χ4n) is 5.83. The van der Waals surface area contributed by atoms with Gasteiger partial charge in [-0.2, -0.15) is 0 Å². The zero-order valence-corrected chi connectivity index (χ0v) is 23.6. The van der Waals surface area contributed by atoms with Crippen molar-refractivity contribution >= 4 is 27.5 Å². The zero-order valence-electron chi connectivity index (χ0n) is 22.8. The van der Waals surface area contributed by atoms with Crippen molar-refractivity contribution in [2.75, 3.05) is 20.3 Å². The van der Waals surface area contributed by atoms with Crippen LogP contribution in [0.15, 0.2) is 50.7 Å². The number of rotatable bonds is 9. The average molecular weight is 582 g/mol. The van der Waals surface area contributed by atoms with Crippen LogP contribution in [0.5, 0.6) is 5.75 Å². The number of aromatic nitrogens is 3. The van der Waals surface area contributed by atoms with E-state index in [2.05, 4.69) is 4.98 Å². The van der Waals surface area contributed by atoms with Crippen LogP contribution in [0.25, 0.3) is 21.0 Å². The van der Waals surface area contributed by atoms with Gasteiger partial charge in [0.25, 0.3) is 5.56 Å². The van der Waals surface area contributed by atoms with Crippen molar-refractivity contribution in [3.8, 4) is 16.5 Å². The number of carboxylic acid groups (broad SMARTS) is 1. The highest BCUT2D eigenvalue weighted by molar-refractivity contribution is 7.22. The maximum Gasteiger partial charge on any atom is 0.333 e. The summed E-state index contributed by atoms with van der Waals surface area (Å²) in [4.78, 5) is 46.1. The van der Waals surface area contributed by atoms with Gasteiger partial charge in [-0.3, -0.25) is 9.36 Å². The van der Waals surface area contributed by atoms with Gasteiger partial charge in [0.2, 0.25) is 5.89 Å². The molecule has 0 amide bonds. The third kappa shape index (κ3) is 4.59. The number of aryl methyl sites for hydroxylation is 1. The fraction of sp³-hybridized carbons (Fsp3) is 0.448. The van der Waals surface area contributed by atoms with Crippen LogP contribution in [0.1, 0.15) is 49.3 Å². The van der Waals surface area contributed by atoms with Crippen LogP contribution in [-0.2, 0) is 26.4 Å². The first-order valence-electron chi connectivity index (χ1n) is 13.6. The van der Waals surface area contributed by atoms with Crippen LogP contribution in [0.2, 0.25) is 0 Å². The van der Waals surface area contributed by atoms with Crippen LogP contribution in [-0.4, -0.2) is 51.6 Å². The van der Waals surface area contributed by atoms with Crippen LogP contribution >= 0.6 is 11.3 Å². The third-order valence-corrected chi connectivity index (χ3v) is 9.51. The third-order valence-electron chi connectivity index (χ3n) is 8.21. The number of benzene rings is 1. The molecule has 2 aliphatic rings. The Morgan fingerprint density at radius 3 is 2.63 bits per heavy atom. The van der Waals surface area contributed by atoms with E-state index in [1.54, 1.807) is 14.0 Å². The molecular formula is C29H31N3O8S. The number of para-hydroxylation sites is 1. The molecule has 1 atom stereocenters. The Bertz CT molecular complexity index is 1690. The predicted molar refractivity (Wildman–Crippen MR) is 151 cm³/mol. The number of oxazole rings is 1. The van der Waals surface area contributed by atoms with Crippen molar-refractivity contribution in [1.82, 2.24) is 14.1 Å². The lowest BCUT2D eigenvalue weighted by molar-refractivity contribution is -0.153. The van der Waals surface area contributed by atoms with Gasteiger partial charge < -0.3 is 23.7 Å². The molecule has 4 aromatic rings. The summed E-state index contributed by atoms with van der Waals surface area (Å²) in [5.41, 5.74) is -1.56. The Morgan fingerprint density at radius 1 is 1.24 bits per heavy atom. The zero-order chi connectivity index (χ0) is 28.7. The van der Waals surface area contributed by atoms with E-state index in [-0.39, 0.29) is 30.9 Å². The summed E-state index contributed by atoms with van der Waals surface area (Å²) in [7, 11) is 1.58. The molecule has 0 radical (unpaired) electrons. The number of carboxylic acids is 1. The van der Waals surface area contributed by atoms with Crippen molar-refractivity contribution < 1.29 is 28.5 Å². The standard InChI is InChI=1S/C29H31N3O8S/c1-17-22-25(33)32(29(27(34)35)10-5-11-29)28(36)31(26(22)41-23(17)24-30-12-15-39-24)16-21(40-18-8-13-38-14-9-18)19-6-3-4-7-20(19)37-2/h3-4,6-7,12,15,18,21H,5,8-11,13-14,16H2,1-2H3,(H,34,35). The highest BCUT2D eigenvalue weighted by Gasteiger charge is 2.49. The first-order valence-corrected chi connectivity index (χ1v) is 14.5. The largest absolute Gasteiger partial charge is 0.496 e. The molecule has 0 bridgehead atoms. The minimum Gasteiger partial charge on any atom is -0.496 e. The SMILES string of the molecule is COc1ccccc1C(Cn1c(=O)n(C2(C(=O)O)CCC2)c(=O)c2c(C)c(-c3ncco3)sc21)OC1CCOCC1. The number of hydrogen-bond donors (Lipinski definition) is 1. The van der Waals surface area contributed by atoms with Crippen molar-refractivity contribution in [1.29, 1.82) is 0 Å². The molecule has 1 saturated carbocycles. The molecule has 1 aliphatic carbocycles. The van der Waals surface area contributed by atoms with Gasteiger partial charge >= 0.3 is 11.7 Å². The normalized spacial score (nSPS) is 17.8. The molecule has 1 saturated heterocycles. The Morgan fingerprint density at radius 2 is 2.00 bits per heavy atom. The van der Waals surface area contributed by atoms with E-state index in [1.807, 2.05) is 24.3 Å². The number of hydrogen-bond acceptors (Lipinski definition) is 9. The minimum atomic E-state index is -1.59. The Kier molecular flexibility index (Phi) is 7.30. The lowest BCUT2D eigenvalue weighted by atomic mass is 9.76. The van der Waals surface area contributed by atoms with Gasteiger partial charge in [-0.1, -0.05) is 18.2 Å². The number of fused-ring (bicyclic) bond motifs is 1. The fourth-order valence-corrected chi connectivity index (χ4v) is 7.07. The lowest BCUT2D eigenvalue weighted by Gasteiger charge is -2.38. The Labute approximate surface area is 238 Å². The van der Waals surface area contributed by atoms with Crippen LogP contribution < -0.4 is 16.0 Å². The second kappa shape index (κ2) is 10.9. The molecule has 6 rings (SSSR count). The molecule has 1 unspecified atom stereocenters. The predicted octanol–water partition coefficient (Wildman–Crippen LogP) is 4.10. The Hall–Kier alpha value is -3.74. The van der Waals surface area contributed by atoms with Crippen LogP contribution in [0.4, 0.5) is 0 Å². The second-order valence-electron chi connectivity index (χ2n) is 10.5. The summed E-state index contributed by atoms with van der Waals surface area (Å²) in [6.45, 7) is 2.95. The average Bonchev–Trinajstić information content (AvgIpc) is 3.60. The number of thiophene rings is 1. The summed E-state index contributed by atoms with van der Waals surface area (Å²) < 4.78 is 25.8. The van der Waals surface area contributed by atoms with Gasteiger partial charge in [-0.05, 0) is 50.7 Å². The van der Waals surface area contributed by atoms with E-state index >= 15 is 0 Å². The molecule has 1 N–H and O–H groups in total. The van der Waals surface area contributed by atoms with Crippen LogP contribution in [0.3, 0.4) is 0 Å². The van der Waals surface area contributed by atoms with Gasteiger partial charge in [-0.25, -0.2) is 19.1 Å². The van der Waals surface area contributed by atoms with Gasteiger partial charge in [0.15, 0.2) is 0 Å². The van der Waals surface area contributed by atoms with Gasteiger partial charge in [0, 0.05) is 18.8 Å². The van der Waals surface area contributed by atoms with Crippen molar-refractivity contribution in [2.24, 2.45) is 0 Å². The molecule has 1 aromatic carbocycles. The highest BCUT2D eigenvalue weighted by Crippen LogP contribution is 2.41. The number of ether oxygens (including phenoxy) is 3. The quantitative estimate of drug-likeness (QED) is 0.310. The van der Waals surface area contributed by atoms with Gasteiger partial charge in [-0.15, -0.1) is 11.3 Å². The minimum absolute atomic E-state index is 0.0357. The number of nitrogens with zero attached hydrogens (tertiary/aromatic N) is 3. The molecule has 3 aromatic heterocycles. The maximum absolute atomic E-state index is 14.3. The van der Waals surface area contributed by atoms with E-state index in [9.17, 15) is 19.5 Å². The maximum atomic E-state index is 14.3. The van der Waals surface area contributed by atoms with E-state index in [0.717, 1.165) is 10.1 Å². The molecule has 216 valence electrons. The molecule has 12 heteroatoms. The van der Waals surface area contributed by atoms with Crippen LogP contribution in [0, 0.1) is 6.92 Å². The molecule has 2 fully saturated rings. The van der Waals surface area contributed by atoms with E-state index in [0.29, 0.717) is 59.4 Å². The van der Waals surface area contributed by atoms with Gasteiger partial charge in [0.05, 0.1) is 36.2 Å². The lowest BCUT2D eigenvalue weighted by Crippen LogP contribution is -2.59. The summed E-state index contributed by atoms with van der Waals surface area (Å²) >= 11 is 1.22. The molecule has 4 heterocycles. The van der Waals surface area contributed by atoms with E-state index in [4.69, 9.17) is 18.6 Å². The van der Waals surface area contributed by atoms with Crippen molar-refractivity contribution in [3.63, 3.8) is 0 Å². The summed E-state index contributed by atoms with van der Waals surface area (Å²) in [6.07, 6.45) is 4.62. The van der Waals surface area contributed by atoms with Crippen molar-refractivity contribution in [3.05, 3.63) is 68.7 Å². The van der Waals surface area contributed by atoms with E-state index < -0.39 is 28.9 Å². The first-order chi connectivity index (χ1) is 19.9. The molecule has 0 spiro atoms. The summed E-state index contributed by atoms with van der Waals surface area (Å²) in [5.74, 6) is -0.259. The summed E-state index contributed by atoms with van der Waals surface area (Å²) in [5, 5.41) is 10.5. The smallest absolute Gasteiger partial charge is 0.333 e. The summed E-state index contributed by atoms with van der Waals surface area (Å²) in [6, 6.07) is 7.46. The highest BCUT2D eigenvalue weighted by atomic mass is 32.1. The second-order valence-corrected chi connectivity index (χ2v) is 11.5. The van der Waals surface area contributed by atoms with E-state index in [1.165, 1.54) is 28.4 Å². The number of carbonyl (C=O) groups is 1. The topological polar surface area (TPSA) is 135 Å². The van der Waals surface area contributed by atoms with Crippen molar-refractivity contribution in [2.45, 2.75) is 63.3 Å². The Balaban J connectivity index is 1.58. The molecule has 11 nitrogen and oxygen atoms in total. The van der Waals surface area contributed by atoms with Gasteiger partial charge in [0.1, 0.15) is 28.5 Å².